The number of thioether (sulfide) groups is 1. The lowest BCUT2D eigenvalue weighted by atomic mass is 10.0. The molecule has 156 valence electrons. The van der Waals surface area contributed by atoms with Crippen LogP contribution in [-0.4, -0.2) is 26.0 Å². The summed E-state index contributed by atoms with van der Waals surface area (Å²) in [5.74, 6) is 0.817. The predicted octanol–water partition coefficient (Wildman–Crippen LogP) is 4.42. The van der Waals surface area contributed by atoms with Gasteiger partial charge in [-0.05, 0) is 43.0 Å². The van der Waals surface area contributed by atoms with Crippen LogP contribution in [0.2, 0.25) is 0 Å². The molecule has 0 saturated carbocycles. The number of fused-ring (bicyclic) bond motifs is 1. The van der Waals surface area contributed by atoms with Crippen molar-refractivity contribution >= 4 is 23.4 Å². The van der Waals surface area contributed by atoms with E-state index in [1.807, 2.05) is 37.6 Å². The summed E-state index contributed by atoms with van der Waals surface area (Å²) >= 11 is 1.46. The molecule has 2 atom stereocenters. The van der Waals surface area contributed by atoms with Crippen LogP contribution in [0.25, 0.3) is 0 Å². The van der Waals surface area contributed by atoms with Crippen LogP contribution in [0.3, 0.4) is 0 Å². The van der Waals surface area contributed by atoms with E-state index >= 15 is 0 Å². The van der Waals surface area contributed by atoms with Crippen molar-refractivity contribution in [2.45, 2.75) is 57.0 Å². The number of aryl methyl sites for hydroxylation is 4. The first-order chi connectivity index (χ1) is 14.5. The quantitative estimate of drug-likeness (QED) is 0.638. The Hall–Kier alpha value is -2.80. The Labute approximate surface area is 181 Å². The fourth-order valence-electron chi connectivity index (χ4n) is 3.70. The van der Waals surface area contributed by atoms with E-state index in [4.69, 9.17) is 0 Å². The fraction of sp³-hybridized carbons (Fsp3) is 0.348. The van der Waals surface area contributed by atoms with Crippen LogP contribution in [0.4, 0.5) is 5.69 Å². The zero-order chi connectivity index (χ0) is 21.3. The highest BCUT2D eigenvalue weighted by molar-refractivity contribution is 8.00. The minimum atomic E-state index is -0.375. The lowest BCUT2D eigenvalue weighted by molar-refractivity contribution is -0.116. The maximum Gasteiger partial charge on any atom is 0.240 e. The average Bonchev–Trinajstić information content (AvgIpc) is 3.17. The Morgan fingerprint density at radius 3 is 2.53 bits per heavy atom. The standard InChI is InChI=1S/C23H27N5OS/c1-5-16-8-10-17(11-9-16)20-21(30-23-26-25-19(6-2)28(23)27-20)22(29)24-18-12-7-14(3)13-15(18)4/h7-13,20-21,27H,5-6H2,1-4H3,(H,24,29). The van der Waals surface area contributed by atoms with Crippen molar-refractivity contribution in [1.82, 2.24) is 14.9 Å². The molecule has 2 aromatic carbocycles. The summed E-state index contributed by atoms with van der Waals surface area (Å²) < 4.78 is 1.92. The number of aromatic nitrogens is 3. The van der Waals surface area contributed by atoms with E-state index < -0.39 is 0 Å². The molecule has 2 unspecified atom stereocenters. The molecule has 1 amide bonds. The minimum absolute atomic E-state index is 0.0451. The first-order valence-corrected chi connectivity index (χ1v) is 11.2. The molecule has 7 heteroatoms. The topological polar surface area (TPSA) is 71.8 Å². The van der Waals surface area contributed by atoms with Crippen molar-refractivity contribution in [2.24, 2.45) is 0 Å². The molecule has 6 nitrogen and oxygen atoms in total. The minimum Gasteiger partial charge on any atom is -0.325 e. The number of amides is 1. The third kappa shape index (κ3) is 3.94. The van der Waals surface area contributed by atoms with E-state index in [1.165, 1.54) is 22.9 Å². The van der Waals surface area contributed by atoms with E-state index in [9.17, 15) is 4.79 Å². The Morgan fingerprint density at radius 2 is 1.87 bits per heavy atom. The van der Waals surface area contributed by atoms with Crippen molar-refractivity contribution in [3.63, 3.8) is 0 Å². The van der Waals surface area contributed by atoms with Gasteiger partial charge in [0.1, 0.15) is 5.25 Å². The van der Waals surface area contributed by atoms with Crippen LogP contribution in [-0.2, 0) is 17.6 Å². The molecule has 3 aromatic rings. The molecule has 2 heterocycles. The molecule has 2 N–H and O–H groups in total. The van der Waals surface area contributed by atoms with Gasteiger partial charge in [0.2, 0.25) is 11.1 Å². The number of nitrogens with zero attached hydrogens (tertiary/aromatic N) is 3. The summed E-state index contributed by atoms with van der Waals surface area (Å²) in [5, 5.41) is 12.0. The molecule has 0 fully saturated rings. The SMILES string of the molecule is CCc1ccc(C2Nn3c(CC)nnc3SC2C(=O)Nc2ccc(C)cc2C)cc1. The van der Waals surface area contributed by atoms with Crippen molar-refractivity contribution in [2.75, 3.05) is 10.7 Å². The van der Waals surface area contributed by atoms with E-state index in [-0.39, 0.29) is 17.2 Å². The molecule has 0 aliphatic carbocycles. The molecule has 1 aliphatic rings. The van der Waals surface area contributed by atoms with Gasteiger partial charge in [0.25, 0.3) is 0 Å². The number of anilines is 1. The van der Waals surface area contributed by atoms with Gasteiger partial charge < -0.3 is 10.7 Å². The van der Waals surface area contributed by atoms with Gasteiger partial charge in [-0.1, -0.05) is 67.6 Å². The lowest BCUT2D eigenvalue weighted by Crippen LogP contribution is -2.41. The van der Waals surface area contributed by atoms with Crippen LogP contribution in [0.5, 0.6) is 0 Å². The predicted molar refractivity (Wildman–Crippen MR) is 122 cm³/mol. The Bertz CT molecular complexity index is 1060. The number of benzene rings is 2. The molecular formula is C23H27N5OS. The highest BCUT2D eigenvalue weighted by atomic mass is 32.2. The van der Waals surface area contributed by atoms with Crippen LogP contribution >= 0.6 is 11.8 Å². The second-order valence-electron chi connectivity index (χ2n) is 7.64. The monoisotopic (exact) mass is 421 g/mol. The number of hydrogen-bond donors (Lipinski definition) is 2. The zero-order valence-electron chi connectivity index (χ0n) is 17.8. The largest absolute Gasteiger partial charge is 0.325 e. The van der Waals surface area contributed by atoms with E-state index in [2.05, 4.69) is 58.2 Å². The maximum atomic E-state index is 13.4. The van der Waals surface area contributed by atoms with Crippen molar-refractivity contribution in [3.8, 4) is 0 Å². The summed E-state index contributed by atoms with van der Waals surface area (Å²) in [6.07, 6.45) is 1.75. The lowest BCUT2D eigenvalue weighted by Gasteiger charge is -2.33. The molecule has 30 heavy (non-hydrogen) atoms. The average molecular weight is 422 g/mol. The number of carbonyl (C=O) groups excluding carboxylic acids is 1. The smallest absolute Gasteiger partial charge is 0.240 e. The van der Waals surface area contributed by atoms with Gasteiger partial charge in [-0.3, -0.25) is 4.79 Å². The van der Waals surface area contributed by atoms with E-state index in [0.717, 1.165) is 35.5 Å². The van der Waals surface area contributed by atoms with Gasteiger partial charge in [-0.2, -0.15) is 0 Å². The number of carbonyl (C=O) groups is 1. The second kappa shape index (κ2) is 8.52. The molecule has 0 radical (unpaired) electrons. The Kier molecular flexibility index (Phi) is 5.81. The number of hydrogen-bond acceptors (Lipinski definition) is 5. The summed E-state index contributed by atoms with van der Waals surface area (Å²) in [6, 6.07) is 14.3. The van der Waals surface area contributed by atoms with Crippen LogP contribution in [0.15, 0.2) is 47.6 Å². The maximum absolute atomic E-state index is 13.4. The Balaban J connectivity index is 1.67. The highest BCUT2D eigenvalue weighted by Gasteiger charge is 2.37. The van der Waals surface area contributed by atoms with Crippen molar-refractivity contribution in [1.29, 1.82) is 0 Å². The van der Waals surface area contributed by atoms with Gasteiger partial charge in [-0.25, -0.2) is 4.68 Å². The van der Waals surface area contributed by atoms with Gasteiger partial charge in [0, 0.05) is 12.1 Å². The zero-order valence-corrected chi connectivity index (χ0v) is 18.6. The first-order valence-electron chi connectivity index (χ1n) is 10.3. The van der Waals surface area contributed by atoms with Gasteiger partial charge in [0.15, 0.2) is 5.82 Å². The molecule has 0 bridgehead atoms. The third-order valence-corrected chi connectivity index (χ3v) is 6.68. The van der Waals surface area contributed by atoms with E-state index in [1.54, 1.807) is 0 Å². The summed E-state index contributed by atoms with van der Waals surface area (Å²) in [7, 11) is 0. The van der Waals surface area contributed by atoms with Gasteiger partial charge in [-0.15, -0.1) is 10.2 Å². The normalized spacial score (nSPS) is 17.9. The summed E-state index contributed by atoms with van der Waals surface area (Å²) in [4.78, 5) is 13.4. The van der Waals surface area contributed by atoms with Gasteiger partial charge >= 0.3 is 0 Å². The third-order valence-electron chi connectivity index (χ3n) is 5.47. The molecule has 0 spiro atoms. The highest BCUT2D eigenvalue weighted by Crippen LogP contribution is 2.38. The molecule has 0 saturated heterocycles. The molecule has 1 aromatic heterocycles. The number of nitrogens with one attached hydrogen (secondary N) is 2. The van der Waals surface area contributed by atoms with Gasteiger partial charge in [0.05, 0.1) is 6.04 Å². The molecule has 1 aliphatic heterocycles. The van der Waals surface area contributed by atoms with Crippen LogP contribution < -0.4 is 10.7 Å². The number of rotatable bonds is 5. The van der Waals surface area contributed by atoms with Crippen molar-refractivity contribution < 1.29 is 4.79 Å². The summed E-state index contributed by atoms with van der Waals surface area (Å²) in [5.41, 5.74) is 8.92. The summed E-state index contributed by atoms with van der Waals surface area (Å²) in [6.45, 7) is 8.25. The van der Waals surface area contributed by atoms with Crippen LogP contribution in [0, 0.1) is 13.8 Å². The molecular weight excluding hydrogens is 394 g/mol. The molecule has 4 rings (SSSR count). The Morgan fingerprint density at radius 1 is 1.10 bits per heavy atom. The van der Waals surface area contributed by atoms with Crippen LogP contribution in [0.1, 0.15) is 48.0 Å². The first kappa shape index (κ1) is 20.5. The fourth-order valence-corrected chi connectivity index (χ4v) is 4.79. The van der Waals surface area contributed by atoms with E-state index in [0.29, 0.717) is 5.16 Å². The van der Waals surface area contributed by atoms with Crippen molar-refractivity contribution in [3.05, 3.63) is 70.5 Å². The second-order valence-corrected chi connectivity index (χ2v) is 8.74.